The molecular weight excluding hydrogens is 238 g/mol. The van der Waals surface area contributed by atoms with E-state index in [-0.39, 0.29) is 11.9 Å². The predicted molar refractivity (Wildman–Crippen MR) is 78.3 cm³/mol. The van der Waals surface area contributed by atoms with Gasteiger partial charge in [0.1, 0.15) is 0 Å². The summed E-state index contributed by atoms with van der Waals surface area (Å²) < 4.78 is 0. The van der Waals surface area contributed by atoms with E-state index in [4.69, 9.17) is 0 Å². The van der Waals surface area contributed by atoms with Crippen LogP contribution in [0.5, 0.6) is 0 Å². The minimum atomic E-state index is -0.00482. The molecule has 1 fully saturated rings. The maximum atomic E-state index is 12.0. The lowest BCUT2D eigenvalue weighted by Gasteiger charge is -2.22. The van der Waals surface area contributed by atoms with Crippen molar-refractivity contribution in [2.24, 2.45) is 0 Å². The number of carbonyl (C=O) groups is 1. The number of benzene rings is 1. The summed E-state index contributed by atoms with van der Waals surface area (Å²) in [5.41, 5.74) is 2.30. The van der Waals surface area contributed by atoms with E-state index < -0.39 is 0 Å². The molecule has 0 aliphatic carbocycles. The van der Waals surface area contributed by atoms with Gasteiger partial charge in [-0.05, 0) is 37.1 Å². The quantitative estimate of drug-likeness (QED) is 0.863. The topological polar surface area (TPSA) is 44.4 Å². The zero-order chi connectivity index (χ0) is 13.7. The van der Waals surface area contributed by atoms with Crippen molar-refractivity contribution in [2.45, 2.75) is 31.8 Å². The van der Waals surface area contributed by atoms with Gasteiger partial charge in [-0.15, -0.1) is 0 Å². The van der Waals surface area contributed by atoms with Crippen LogP contribution in [0.15, 0.2) is 24.3 Å². The van der Waals surface area contributed by atoms with Crippen LogP contribution in [0, 0.1) is 0 Å². The highest BCUT2D eigenvalue weighted by atomic mass is 16.2. The molecule has 1 amide bonds. The van der Waals surface area contributed by atoms with Crippen LogP contribution in [0.4, 0.5) is 5.69 Å². The van der Waals surface area contributed by atoms with Crippen LogP contribution < -0.4 is 15.5 Å². The molecule has 19 heavy (non-hydrogen) atoms. The Hall–Kier alpha value is -1.55. The zero-order valence-electron chi connectivity index (χ0n) is 11.8. The summed E-state index contributed by atoms with van der Waals surface area (Å²) in [6.45, 7) is 1.56. The average Bonchev–Trinajstić information content (AvgIpc) is 2.46. The lowest BCUT2D eigenvalue weighted by Crippen LogP contribution is -2.46. The summed E-state index contributed by atoms with van der Waals surface area (Å²) >= 11 is 0. The van der Waals surface area contributed by atoms with Gasteiger partial charge in [0.2, 0.25) is 5.91 Å². The first kappa shape index (κ1) is 13.9. The molecule has 0 radical (unpaired) electrons. The molecule has 1 aliphatic rings. The van der Waals surface area contributed by atoms with E-state index in [1.165, 1.54) is 12.1 Å². The van der Waals surface area contributed by atoms with Crippen molar-refractivity contribution in [3.63, 3.8) is 0 Å². The Kier molecular flexibility index (Phi) is 4.80. The molecule has 1 saturated heterocycles. The molecule has 0 bridgehead atoms. The highest BCUT2D eigenvalue weighted by Crippen LogP contribution is 2.12. The molecule has 1 atom stereocenters. The van der Waals surface area contributed by atoms with Gasteiger partial charge in [0.05, 0.1) is 6.04 Å². The van der Waals surface area contributed by atoms with Crippen LogP contribution in [0.2, 0.25) is 0 Å². The SMILES string of the molecule is CN(C)c1ccc(CNC(=O)C2CCCCN2)cc1. The largest absolute Gasteiger partial charge is 0.378 e. The average molecular weight is 261 g/mol. The molecule has 4 nitrogen and oxygen atoms in total. The van der Waals surface area contributed by atoms with Gasteiger partial charge < -0.3 is 15.5 Å². The van der Waals surface area contributed by atoms with Crippen molar-refractivity contribution in [2.75, 3.05) is 25.5 Å². The van der Waals surface area contributed by atoms with Gasteiger partial charge in [-0.2, -0.15) is 0 Å². The Bertz CT molecular complexity index is 408. The normalized spacial score (nSPS) is 18.9. The van der Waals surface area contributed by atoms with Crippen LogP contribution in [0.25, 0.3) is 0 Å². The number of carbonyl (C=O) groups excluding carboxylic acids is 1. The summed E-state index contributed by atoms with van der Waals surface area (Å²) in [7, 11) is 4.04. The van der Waals surface area contributed by atoms with Crippen molar-refractivity contribution < 1.29 is 4.79 Å². The molecule has 0 saturated carbocycles. The summed E-state index contributed by atoms with van der Waals surface area (Å²) in [4.78, 5) is 14.0. The van der Waals surface area contributed by atoms with Gasteiger partial charge >= 0.3 is 0 Å². The fourth-order valence-electron chi connectivity index (χ4n) is 2.30. The first-order valence-electron chi connectivity index (χ1n) is 6.94. The van der Waals surface area contributed by atoms with Crippen molar-refractivity contribution >= 4 is 11.6 Å². The van der Waals surface area contributed by atoms with Gasteiger partial charge in [-0.3, -0.25) is 4.79 Å². The number of rotatable bonds is 4. The number of anilines is 1. The summed E-state index contributed by atoms with van der Waals surface area (Å²) in [5.74, 6) is 0.122. The molecule has 1 unspecified atom stereocenters. The Balaban J connectivity index is 1.82. The standard InChI is InChI=1S/C15H23N3O/c1-18(2)13-8-6-12(7-9-13)11-17-15(19)14-5-3-4-10-16-14/h6-9,14,16H,3-5,10-11H2,1-2H3,(H,17,19). The number of piperidine rings is 1. The molecular formula is C15H23N3O. The molecule has 1 aromatic carbocycles. The zero-order valence-corrected chi connectivity index (χ0v) is 11.8. The fraction of sp³-hybridized carbons (Fsp3) is 0.533. The summed E-state index contributed by atoms with van der Waals surface area (Å²) in [6, 6.07) is 8.25. The first-order chi connectivity index (χ1) is 9.16. The van der Waals surface area contributed by atoms with Crippen LogP contribution in [-0.2, 0) is 11.3 Å². The van der Waals surface area contributed by atoms with E-state index in [1.807, 2.05) is 14.1 Å². The lowest BCUT2D eigenvalue weighted by atomic mass is 10.0. The highest BCUT2D eigenvalue weighted by Gasteiger charge is 2.19. The number of nitrogens with one attached hydrogen (secondary N) is 2. The molecule has 1 aromatic rings. The number of amides is 1. The molecule has 0 spiro atoms. The molecule has 104 valence electrons. The molecule has 2 N–H and O–H groups in total. The van der Waals surface area contributed by atoms with Crippen molar-refractivity contribution in [3.8, 4) is 0 Å². The Labute approximate surface area is 115 Å². The smallest absolute Gasteiger partial charge is 0.237 e. The minimum absolute atomic E-state index is 0.00482. The molecule has 1 heterocycles. The van der Waals surface area contributed by atoms with E-state index in [0.717, 1.165) is 24.9 Å². The van der Waals surface area contributed by atoms with Gasteiger partial charge in [0.15, 0.2) is 0 Å². The lowest BCUT2D eigenvalue weighted by molar-refractivity contribution is -0.123. The molecule has 2 rings (SSSR count). The number of hydrogen-bond acceptors (Lipinski definition) is 3. The molecule has 1 aliphatic heterocycles. The third kappa shape index (κ3) is 3.96. The minimum Gasteiger partial charge on any atom is -0.378 e. The maximum Gasteiger partial charge on any atom is 0.237 e. The second-order valence-corrected chi connectivity index (χ2v) is 5.28. The second-order valence-electron chi connectivity index (χ2n) is 5.28. The molecule has 4 heteroatoms. The van der Waals surface area contributed by atoms with E-state index in [1.54, 1.807) is 0 Å². The van der Waals surface area contributed by atoms with E-state index >= 15 is 0 Å². The van der Waals surface area contributed by atoms with Gasteiger partial charge in [-0.25, -0.2) is 0 Å². The van der Waals surface area contributed by atoms with Crippen LogP contribution in [-0.4, -0.2) is 32.6 Å². The highest BCUT2D eigenvalue weighted by molar-refractivity contribution is 5.81. The number of hydrogen-bond donors (Lipinski definition) is 2. The summed E-state index contributed by atoms with van der Waals surface area (Å²) in [6.07, 6.45) is 3.27. The third-order valence-corrected chi connectivity index (χ3v) is 3.55. The summed E-state index contributed by atoms with van der Waals surface area (Å²) in [5, 5.41) is 6.26. The Morgan fingerprint density at radius 1 is 1.32 bits per heavy atom. The first-order valence-corrected chi connectivity index (χ1v) is 6.94. The Morgan fingerprint density at radius 3 is 2.63 bits per heavy atom. The van der Waals surface area contributed by atoms with E-state index in [2.05, 4.69) is 39.8 Å². The van der Waals surface area contributed by atoms with Gasteiger partial charge in [0.25, 0.3) is 0 Å². The van der Waals surface area contributed by atoms with Crippen molar-refractivity contribution in [1.29, 1.82) is 0 Å². The van der Waals surface area contributed by atoms with Gasteiger partial charge in [-0.1, -0.05) is 18.6 Å². The predicted octanol–water partition coefficient (Wildman–Crippen LogP) is 1.51. The second kappa shape index (κ2) is 6.57. The Morgan fingerprint density at radius 2 is 2.05 bits per heavy atom. The van der Waals surface area contributed by atoms with E-state index in [9.17, 15) is 4.79 Å². The maximum absolute atomic E-state index is 12.0. The monoisotopic (exact) mass is 261 g/mol. The van der Waals surface area contributed by atoms with Gasteiger partial charge in [0, 0.05) is 26.3 Å². The van der Waals surface area contributed by atoms with Crippen molar-refractivity contribution in [1.82, 2.24) is 10.6 Å². The van der Waals surface area contributed by atoms with Crippen LogP contribution in [0.1, 0.15) is 24.8 Å². The van der Waals surface area contributed by atoms with E-state index in [0.29, 0.717) is 6.54 Å². The molecule has 0 aromatic heterocycles. The fourth-order valence-corrected chi connectivity index (χ4v) is 2.30. The number of nitrogens with zero attached hydrogens (tertiary/aromatic N) is 1. The van der Waals surface area contributed by atoms with Crippen LogP contribution in [0.3, 0.4) is 0 Å². The van der Waals surface area contributed by atoms with Crippen LogP contribution >= 0.6 is 0 Å². The van der Waals surface area contributed by atoms with Crippen molar-refractivity contribution in [3.05, 3.63) is 29.8 Å². The third-order valence-electron chi connectivity index (χ3n) is 3.55.